The maximum Gasteiger partial charge on any atom is 0.348 e. The van der Waals surface area contributed by atoms with E-state index < -0.39 is 5.69 Å². The lowest BCUT2D eigenvalue weighted by Crippen LogP contribution is -2.39. The van der Waals surface area contributed by atoms with E-state index in [1.165, 1.54) is 4.57 Å². The Labute approximate surface area is 115 Å². The predicted octanol–water partition coefficient (Wildman–Crippen LogP) is 1.49. The predicted molar refractivity (Wildman–Crippen MR) is 73.6 cm³/mol. The average Bonchev–Trinajstić information content (AvgIpc) is 2.30. The molecular weight excluding hydrogens is 298 g/mol. The molecule has 0 fully saturated rings. The lowest BCUT2D eigenvalue weighted by Gasteiger charge is -2.22. The summed E-state index contributed by atoms with van der Waals surface area (Å²) in [5.41, 5.74) is 0.968. The number of amides is 1. The lowest BCUT2D eigenvalue weighted by atomic mass is 10.3. The van der Waals surface area contributed by atoms with Gasteiger partial charge in [0.05, 0.1) is 10.2 Å². The van der Waals surface area contributed by atoms with Gasteiger partial charge in [-0.15, -0.1) is 0 Å². The molecule has 0 aliphatic carbocycles. The fourth-order valence-corrected chi connectivity index (χ4v) is 1.80. The molecule has 0 atom stereocenters. The number of hydrogen-bond donors (Lipinski definition) is 0. The van der Waals surface area contributed by atoms with E-state index in [0.717, 1.165) is 10.2 Å². The van der Waals surface area contributed by atoms with Crippen molar-refractivity contribution in [2.24, 2.45) is 0 Å². The van der Waals surface area contributed by atoms with Gasteiger partial charge in [-0.3, -0.25) is 9.36 Å². The van der Waals surface area contributed by atoms with E-state index >= 15 is 0 Å². The standard InChI is InChI=1S/C12H18BrN3O2/c1-7(2)15(5)10(17)6-16-9(4)11(13)8(3)14-12(16)18/h7H,6H2,1-5H3. The minimum atomic E-state index is -0.390. The molecule has 0 aliphatic rings. The molecule has 1 amide bonds. The molecule has 6 heteroatoms. The third kappa shape index (κ3) is 2.98. The van der Waals surface area contributed by atoms with Crippen molar-refractivity contribution >= 4 is 21.8 Å². The molecule has 1 heterocycles. The molecule has 5 nitrogen and oxygen atoms in total. The van der Waals surface area contributed by atoms with E-state index in [1.807, 2.05) is 13.8 Å². The number of nitrogens with zero attached hydrogens (tertiary/aromatic N) is 3. The largest absolute Gasteiger partial charge is 0.348 e. The van der Waals surface area contributed by atoms with Crippen LogP contribution in [0.2, 0.25) is 0 Å². The monoisotopic (exact) mass is 315 g/mol. The maximum atomic E-state index is 12.0. The second-order valence-electron chi connectivity index (χ2n) is 4.56. The first-order chi connectivity index (χ1) is 8.25. The first-order valence-corrected chi connectivity index (χ1v) is 6.54. The number of carbonyl (C=O) groups excluding carboxylic acids is 1. The number of aromatic nitrogens is 2. The molecule has 0 saturated heterocycles. The third-order valence-electron chi connectivity index (χ3n) is 3.00. The van der Waals surface area contributed by atoms with Gasteiger partial charge in [0.25, 0.3) is 0 Å². The van der Waals surface area contributed by atoms with Gasteiger partial charge in [-0.25, -0.2) is 4.79 Å². The van der Waals surface area contributed by atoms with Crippen LogP contribution in [0.15, 0.2) is 9.27 Å². The summed E-state index contributed by atoms with van der Waals surface area (Å²) in [6, 6.07) is 0.107. The SMILES string of the molecule is Cc1nc(=O)n(CC(=O)N(C)C(C)C)c(C)c1Br. The summed E-state index contributed by atoms with van der Waals surface area (Å²) < 4.78 is 2.15. The van der Waals surface area contributed by atoms with Crippen molar-refractivity contribution in [2.45, 2.75) is 40.3 Å². The first-order valence-electron chi connectivity index (χ1n) is 5.75. The fourth-order valence-electron chi connectivity index (χ4n) is 1.50. The molecule has 0 aliphatic heterocycles. The number of halogens is 1. The highest BCUT2D eigenvalue weighted by molar-refractivity contribution is 9.10. The highest BCUT2D eigenvalue weighted by atomic mass is 79.9. The van der Waals surface area contributed by atoms with Crippen molar-refractivity contribution in [1.82, 2.24) is 14.5 Å². The minimum absolute atomic E-state index is 0.0191. The number of likely N-dealkylation sites (N-methyl/N-ethyl adjacent to an activating group) is 1. The molecule has 0 aromatic carbocycles. The Balaban J connectivity index is 3.10. The Morgan fingerprint density at radius 3 is 2.50 bits per heavy atom. The van der Waals surface area contributed by atoms with Crippen molar-refractivity contribution in [1.29, 1.82) is 0 Å². The van der Waals surface area contributed by atoms with Crippen LogP contribution in [0.3, 0.4) is 0 Å². The van der Waals surface area contributed by atoms with Crippen molar-refractivity contribution < 1.29 is 4.79 Å². The number of hydrogen-bond acceptors (Lipinski definition) is 3. The third-order valence-corrected chi connectivity index (χ3v) is 4.14. The van der Waals surface area contributed by atoms with Gasteiger partial charge in [0, 0.05) is 18.8 Å². The summed E-state index contributed by atoms with van der Waals surface area (Å²) >= 11 is 3.37. The molecule has 0 unspecified atom stereocenters. The Kier molecular flexibility index (Phi) is 4.67. The van der Waals surface area contributed by atoms with Gasteiger partial charge in [-0.05, 0) is 43.6 Å². The topological polar surface area (TPSA) is 55.2 Å². The zero-order valence-corrected chi connectivity index (χ0v) is 12.9. The second kappa shape index (κ2) is 5.65. The molecule has 0 saturated carbocycles. The van der Waals surface area contributed by atoms with E-state index in [0.29, 0.717) is 5.69 Å². The molecule has 1 rings (SSSR count). The molecule has 1 aromatic rings. The number of rotatable bonds is 3. The molecule has 0 N–H and O–H groups in total. The van der Waals surface area contributed by atoms with Crippen LogP contribution in [0, 0.1) is 13.8 Å². The maximum absolute atomic E-state index is 12.0. The molecule has 100 valence electrons. The van der Waals surface area contributed by atoms with Crippen LogP contribution in [0.1, 0.15) is 25.2 Å². The van der Waals surface area contributed by atoms with Crippen LogP contribution in [0.25, 0.3) is 0 Å². The van der Waals surface area contributed by atoms with Gasteiger partial charge in [0.2, 0.25) is 5.91 Å². The van der Waals surface area contributed by atoms with Crippen LogP contribution in [-0.2, 0) is 11.3 Å². The molecule has 0 radical (unpaired) electrons. The van der Waals surface area contributed by atoms with E-state index in [1.54, 1.807) is 25.8 Å². The van der Waals surface area contributed by atoms with Gasteiger partial charge in [0.1, 0.15) is 6.54 Å². The molecule has 0 bridgehead atoms. The van der Waals surface area contributed by atoms with Gasteiger partial charge in [-0.2, -0.15) is 4.98 Å². The Bertz CT molecular complexity index is 523. The van der Waals surface area contributed by atoms with Crippen LogP contribution < -0.4 is 5.69 Å². The van der Waals surface area contributed by atoms with Gasteiger partial charge in [0.15, 0.2) is 0 Å². The fraction of sp³-hybridized carbons (Fsp3) is 0.583. The quantitative estimate of drug-likeness (QED) is 0.849. The Hall–Kier alpha value is -1.17. The normalized spacial score (nSPS) is 10.8. The lowest BCUT2D eigenvalue weighted by molar-refractivity contribution is -0.132. The summed E-state index contributed by atoms with van der Waals surface area (Å²) in [7, 11) is 1.73. The average molecular weight is 316 g/mol. The summed E-state index contributed by atoms with van der Waals surface area (Å²) in [5, 5.41) is 0. The van der Waals surface area contributed by atoms with Crippen molar-refractivity contribution in [2.75, 3.05) is 7.05 Å². The van der Waals surface area contributed by atoms with Gasteiger partial charge < -0.3 is 4.90 Å². The summed E-state index contributed by atoms with van der Waals surface area (Å²) in [5.74, 6) is -0.104. The highest BCUT2D eigenvalue weighted by Gasteiger charge is 2.16. The van der Waals surface area contributed by atoms with E-state index in [4.69, 9.17) is 0 Å². The zero-order valence-electron chi connectivity index (χ0n) is 11.3. The molecule has 18 heavy (non-hydrogen) atoms. The molecule has 0 spiro atoms. The second-order valence-corrected chi connectivity index (χ2v) is 5.36. The summed E-state index contributed by atoms with van der Waals surface area (Å²) in [6.07, 6.45) is 0. The van der Waals surface area contributed by atoms with Crippen LogP contribution >= 0.6 is 15.9 Å². The summed E-state index contributed by atoms with van der Waals surface area (Å²) in [6.45, 7) is 7.42. The zero-order chi connectivity index (χ0) is 14.0. The van der Waals surface area contributed by atoms with Gasteiger partial charge in [-0.1, -0.05) is 0 Å². The van der Waals surface area contributed by atoms with Gasteiger partial charge >= 0.3 is 5.69 Å². The number of aryl methyl sites for hydroxylation is 1. The van der Waals surface area contributed by atoms with Crippen LogP contribution in [0.4, 0.5) is 0 Å². The number of carbonyl (C=O) groups is 1. The van der Waals surface area contributed by atoms with Crippen molar-refractivity contribution in [3.63, 3.8) is 0 Å². The Morgan fingerprint density at radius 2 is 2.00 bits per heavy atom. The first kappa shape index (κ1) is 14.9. The molecular formula is C12H18BrN3O2. The van der Waals surface area contributed by atoms with Crippen molar-refractivity contribution in [3.05, 3.63) is 26.3 Å². The minimum Gasteiger partial charge on any atom is -0.342 e. The summed E-state index contributed by atoms with van der Waals surface area (Å²) in [4.78, 5) is 29.3. The van der Waals surface area contributed by atoms with E-state index in [-0.39, 0.29) is 18.5 Å². The molecule has 1 aromatic heterocycles. The van der Waals surface area contributed by atoms with Crippen LogP contribution in [0.5, 0.6) is 0 Å². The smallest absolute Gasteiger partial charge is 0.342 e. The highest BCUT2D eigenvalue weighted by Crippen LogP contribution is 2.16. The van der Waals surface area contributed by atoms with Crippen molar-refractivity contribution in [3.8, 4) is 0 Å². The Morgan fingerprint density at radius 1 is 1.44 bits per heavy atom. The van der Waals surface area contributed by atoms with Crippen LogP contribution in [-0.4, -0.2) is 33.4 Å². The van der Waals surface area contributed by atoms with E-state index in [9.17, 15) is 9.59 Å². The van der Waals surface area contributed by atoms with E-state index in [2.05, 4.69) is 20.9 Å².